The highest BCUT2D eigenvalue weighted by Crippen LogP contribution is 2.20. The number of hydrogen-bond donors (Lipinski definition) is 1. The molecule has 5 nitrogen and oxygen atoms in total. The molecule has 2 aromatic carbocycles. The molecule has 122 valence electrons. The van der Waals surface area contributed by atoms with Crippen molar-refractivity contribution in [2.75, 3.05) is 5.32 Å². The summed E-state index contributed by atoms with van der Waals surface area (Å²) < 4.78 is 5.50. The van der Waals surface area contributed by atoms with Crippen molar-refractivity contribution in [2.24, 2.45) is 0 Å². The summed E-state index contributed by atoms with van der Waals surface area (Å²) in [5.74, 6) is 0.210. The van der Waals surface area contributed by atoms with Crippen molar-refractivity contribution >= 4 is 11.9 Å². The first kappa shape index (κ1) is 15.9. The number of rotatable bonds is 4. The molecule has 1 N–H and O–H groups in total. The minimum Gasteiger partial charge on any atom is -0.403 e. The summed E-state index contributed by atoms with van der Waals surface area (Å²) in [4.78, 5) is 12.3. The Hall–Kier alpha value is -2.95. The van der Waals surface area contributed by atoms with Gasteiger partial charge in [0, 0.05) is 5.56 Å². The Bertz CT molecular complexity index is 846. The van der Waals surface area contributed by atoms with Gasteiger partial charge in [0.2, 0.25) is 11.8 Å². The summed E-state index contributed by atoms with van der Waals surface area (Å²) in [5, 5.41) is 10.5. The first-order valence-corrected chi connectivity index (χ1v) is 7.78. The molecule has 0 aliphatic rings. The van der Waals surface area contributed by atoms with Gasteiger partial charge in [-0.3, -0.25) is 10.1 Å². The van der Waals surface area contributed by atoms with Crippen molar-refractivity contribution in [3.8, 4) is 11.5 Å². The molecule has 0 atom stereocenters. The van der Waals surface area contributed by atoms with E-state index in [4.69, 9.17) is 4.42 Å². The summed E-state index contributed by atoms with van der Waals surface area (Å²) in [7, 11) is 0. The van der Waals surface area contributed by atoms with Crippen LogP contribution in [0.1, 0.15) is 22.3 Å². The molecule has 0 radical (unpaired) electrons. The molecule has 5 heteroatoms. The Morgan fingerprint density at radius 3 is 2.38 bits per heavy atom. The zero-order chi connectivity index (χ0) is 17.1. The van der Waals surface area contributed by atoms with Crippen LogP contribution in [-0.2, 0) is 11.2 Å². The second-order valence-corrected chi connectivity index (χ2v) is 5.88. The van der Waals surface area contributed by atoms with E-state index in [9.17, 15) is 4.79 Å². The zero-order valence-electron chi connectivity index (χ0n) is 14.0. The maximum Gasteiger partial charge on any atom is 0.322 e. The monoisotopic (exact) mass is 321 g/mol. The van der Waals surface area contributed by atoms with Crippen LogP contribution in [0, 0.1) is 20.8 Å². The van der Waals surface area contributed by atoms with E-state index in [2.05, 4.69) is 27.6 Å². The molecule has 3 rings (SSSR count). The van der Waals surface area contributed by atoms with Crippen LogP contribution in [0.4, 0.5) is 6.01 Å². The minimum absolute atomic E-state index is 0.112. The third kappa shape index (κ3) is 3.51. The van der Waals surface area contributed by atoms with Crippen molar-refractivity contribution < 1.29 is 9.21 Å². The van der Waals surface area contributed by atoms with E-state index in [0.29, 0.717) is 5.89 Å². The van der Waals surface area contributed by atoms with Gasteiger partial charge in [0.05, 0.1) is 6.42 Å². The third-order valence-corrected chi connectivity index (χ3v) is 3.87. The Morgan fingerprint density at radius 2 is 1.71 bits per heavy atom. The number of nitrogens with zero attached hydrogens (tertiary/aromatic N) is 2. The summed E-state index contributed by atoms with van der Waals surface area (Å²) in [6.07, 6.45) is 0.279. The Labute approximate surface area is 140 Å². The van der Waals surface area contributed by atoms with Crippen molar-refractivity contribution in [3.05, 3.63) is 64.7 Å². The number of carbonyl (C=O) groups is 1. The van der Waals surface area contributed by atoms with E-state index in [1.54, 1.807) is 0 Å². The van der Waals surface area contributed by atoms with E-state index >= 15 is 0 Å². The normalized spacial score (nSPS) is 10.6. The van der Waals surface area contributed by atoms with Gasteiger partial charge < -0.3 is 4.42 Å². The molecule has 1 aromatic heterocycles. The summed E-state index contributed by atoms with van der Waals surface area (Å²) >= 11 is 0. The largest absolute Gasteiger partial charge is 0.403 e. The fourth-order valence-corrected chi connectivity index (χ4v) is 2.78. The first-order valence-electron chi connectivity index (χ1n) is 7.78. The van der Waals surface area contributed by atoms with Gasteiger partial charge in [-0.15, -0.1) is 5.10 Å². The molecule has 0 saturated carbocycles. The smallest absolute Gasteiger partial charge is 0.322 e. The highest BCUT2D eigenvalue weighted by atomic mass is 16.4. The number of benzene rings is 2. The van der Waals surface area contributed by atoms with Crippen molar-refractivity contribution in [1.29, 1.82) is 0 Å². The van der Waals surface area contributed by atoms with E-state index in [1.165, 1.54) is 5.56 Å². The van der Waals surface area contributed by atoms with Crippen LogP contribution < -0.4 is 5.32 Å². The number of hydrogen-bond acceptors (Lipinski definition) is 4. The second kappa shape index (κ2) is 6.66. The molecule has 0 saturated heterocycles. The maximum atomic E-state index is 12.3. The number of nitrogens with one attached hydrogen (secondary N) is 1. The van der Waals surface area contributed by atoms with Crippen LogP contribution in [0.5, 0.6) is 0 Å². The van der Waals surface area contributed by atoms with Crippen LogP contribution in [0.25, 0.3) is 11.5 Å². The van der Waals surface area contributed by atoms with Crippen LogP contribution in [0.15, 0.2) is 46.9 Å². The standard InChI is InChI=1S/C19H19N3O2/c1-12-9-13(2)16(14(3)10-12)11-17(23)20-19-22-21-18(24-19)15-7-5-4-6-8-15/h4-10H,11H2,1-3H3,(H,20,22,23). The molecule has 0 bridgehead atoms. The minimum atomic E-state index is -0.173. The lowest BCUT2D eigenvalue weighted by Gasteiger charge is -2.10. The number of aryl methyl sites for hydroxylation is 3. The van der Waals surface area contributed by atoms with Crippen LogP contribution in [-0.4, -0.2) is 16.1 Å². The van der Waals surface area contributed by atoms with Gasteiger partial charge in [-0.1, -0.05) is 41.0 Å². The molecule has 0 unspecified atom stereocenters. The molecular weight excluding hydrogens is 302 g/mol. The quantitative estimate of drug-likeness (QED) is 0.792. The Morgan fingerprint density at radius 1 is 1.04 bits per heavy atom. The van der Waals surface area contributed by atoms with Crippen LogP contribution >= 0.6 is 0 Å². The molecule has 0 spiro atoms. The highest BCUT2D eigenvalue weighted by Gasteiger charge is 2.14. The molecule has 24 heavy (non-hydrogen) atoms. The van der Waals surface area contributed by atoms with Gasteiger partial charge in [-0.25, -0.2) is 0 Å². The number of anilines is 1. The molecule has 0 fully saturated rings. The number of amides is 1. The SMILES string of the molecule is Cc1cc(C)c(CC(=O)Nc2nnc(-c3ccccc3)o2)c(C)c1. The van der Waals surface area contributed by atoms with Crippen LogP contribution in [0.3, 0.4) is 0 Å². The first-order chi connectivity index (χ1) is 11.5. The van der Waals surface area contributed by atoms with Gasteiger partial charge >= 0.3 is 6.01 Å². The summed E-state index contributed by atoms with van der Waals surface area (Å²) in [5.41, 5.74) is 5.26. The Kier molecular flexibility index (Phi) is 4.42. The van der Waals surface area contributed by atoms with Crippen molar-refractivity contribution in [3.63, 3.8) is 0 Å². The van der Waals surface area contributed by atoms with E-state index in [-0.39, 0.29) is 18.3 Å². The number of aromatic nitrogens is 2. The average molecular weight is 321 g/mol. The molecule has 3 aromatic rings. The second-order valence-electron chi connectivity index (χ2n) is 5.88. The summed E-state index contributed by atoms with van der Waals surface area (Å²) in [6, 6.07) is 13.7. The predicted octanol–water partition coefficient (Wildman–Crippen LogP) is 3.84. The topological polar surface area (TPSA) is 68.0 Å². The van der Waals surface area contributed by atoms with Gasteiger partial charge in [0.1, 0.15) is 0 Å². The van der Waals surface area contributed by atoms with E-state index in [0.717, 1.165) is 22.3 Å². The van der Waals surface area contributed by atoms with Crippen LogP contribution in [0.2, 0.25) is 0 Å². The summed E-state index contributed by atoms with van der Waals surface area (Å²) in [6.45, 7) is 6.08. The highest BCUT2D eigenvalue weighted by molar-refractivity contribution is 5.90. The molecule has 1 amide bonds. The fourth-order valence-electron chi connectivity index (χ4n) is 2.78. The third-order valence-electron chi connectivity index (χ3n) is 3.87. The fraction of sp³-hybridized carbons (Fsp3) is 0.211. The molecule has 1 heterocycles. The molecule has 0 aliphatic heterocycles. The van der Waals surface area contributed by atoms with E-state index < -0.39 is 0 Å². The average Bonchev–Trinajstić information content (AvgIpc) is 3.00. The zero-order valence-corrected chi connectivity index (χ0v) is 14.0. The number of carbonyl (C=O) groups excluding carboxylic acids is 1. The lowest BCUT2D eigenvalue weighted by Crippen LogP contribution is -2.16. The predicted molar refractivity (Wildman–Crippen MR) is 92.7 cm³/mol. The van der Waals surface area contributed by atoms with E-state index in [1.807, 2.05) is 51.1 Å². The lowest BCUT2D eigenvalue weighted by molar-refractivity contribution is -0.115. The van der Waals surface area contributed by atoms with Gasteiger partial charge in [-0.2, -0.15) is 0 Å². The Balaban J connectivity index is 1.71. The maximum absolute atomic E-state index is 12.3. The van der Waals surface area contributed by atoms with Gasteiger partial charge in [0.15, 0.2) is 0 Å². The molecular formula is C19H19N3O2. The van der Waals surface area contributed by atoms with Crippen molar-refractivity contribution in [1.82, 2.24) is 10.2 Å². The van der Waals surface area contributed by atoms with Crippen molar-refractivity contribution in [2.45, 2.75) is 27.2 Å². The van der Waals surface area contributed by atoms with Gasteiger partial charge in [0.25, 0.3) is 0 Å². The van der Waals surface area contributed by atoms with Gasteiger partial charge in [-0.05, 0) is 49.6 Å². The lowest BCUT2D eigenvalue weighted by atomic mass is 9.97. The molecule has 0 aliphatic carbocycles.